The molecule has 76 valence electrons. The smallest absolute Gasteiger partial charge is 0.163 e. The fourth-order valence-electron chi connectivity index (χ4n) is 2.16. The molecule has 0 aromatic carbocycles. The van der Waals surface area contributed by atoms with Crippen LogP contribution in [0.4, 0.5) is 0 Å². The van der Waals surface area contributed by atoms with Crippen molar-refractivity contribution < 1.29 is 9.47 Å². The monoisotopic (exact) mass is 185 g/mol. The van der Waals surface area contributed by atoms with Crippen LogP contribution in [-0.2, 0) is 9.47 Å². The van der Waals surface area contributed by atoms with E-state index >= 15 is 0 Å². The highest BCUT2D eigenvalue weighted by Crippen LogP contribution is 2.30. The van der Waals surface area contributed by atoms with Crippen LogP contribution in [0.2, 0.25) is 0 Å². The van der Waals surface area contributed by atoms with Crippen LogP contribution in [0.1, 0.15) is 26.7 Å². The van der Waals surface area contributed by atoms with Gasteiger partial charge in [-0.2, -0.15) is 0 Å². The molecule has 3 heteroatoms. The second kappa shape index (κ2) is 3.56. The van der Waals surface area contributed by atoms with Crippen LogP contribution in [0, 0.1) is 5.92 Å². The zero-order valence-electron chi connectivity index (χ0n) is 8.51. The summed E-state index contributed by atoms with van der Waals surface area (Å²) in [5.74, 6) is 0.346. The van der Waals surface area contributed by atoms with Gasteiger partial charge in [-0.3, -0.25) is 0 Å². The highest BCUT2D eigenvalue weighted by Gasteiger charge is 2.37. The molecule has 1 atom stereocenters. The normalized spacial score (nSPS) is 35.1. The van der Waals surface area contributed by atoms with E-state index in [-0.39, 0.29) is 5.79 Å². The van der Waals surface area contributed by atoms with E-state index in [0.29, 0.717) is 12.0 Å². The van der Waals surface area contributed by atoms with Gasteiger partial charge in [0.15, 0.2) is 5.79 Å². The maximum atomic E-state index is 5.84. The van der Waals surface area contributed by atoms with Gasteiger partial charge < -0.3 is 14.8 Å². The van der Waals surface area contributed by atoms with Crippen LogP contribution < -0.4 is 5.32 Å². The SMILES string of the molecule is CC1(C)OCC(C2CCNCC2)O1. The van der Waals surface area contributed by atoms with E-state index in [9.17, 15) is 0 Å². The number of piperidine rings is 1. The van der Waals surface area contributed by atoms with Gasteiger partial charge in [0.05, 0.1) is 12.7 Å². The van der Waals surface area contributed by atoms with Crippen molar-refractivity contribution in [1.29, 1.82) is 0 Å². The maximum absolute atomic E-state index is 5.84. The van der Waals surface area contributed by atoms with Gasteiger partial charge in [-0.1, -0.05) is 0 Å². The average Bonchev–Trinajstić information content (AvgIpc) is 2.48. The predicted molar refractivity (Wildman–Crippen MR) is 50.5 cm³/mol. The van der Waals surface area contributed by atoms with Gasteiger partial charge in [0.25, 0.3) is 0 Å². The summed E-state index contributed by atoms with van der Waals surface area (Å²) in [5, 5.41) is 3.36. The van der Waals surface area contributed by atoms with Crippen LogP contribution >= 0.6 is 0 Å². The maximum Gasteiger partial charge on any atom is 0.163 e. The summed E-state index contributed by atoms with van der Waals surface area (Å²) in [6, 6.07) is 0. The van der Waals surface area contributed by atoms with Crippen molar-refractivity contribution in [2.24, 2.45) is 5.92 Å². The minimum Gasteiger partial charge on any atom is -0.348 e. The average molecular weight is 185 g/mol. The summed E-state index contributed by atoms with van der Waals surface area (Å²) < 4.78 is 11.4. The highest BCUT2D eigenvalue weighted by atomic mass is 16.7. The molecule has 0 aliphatic carbocycles. The Balaban J connectivity index is 1.87. The summed E-state index contributed by atoms with van der Waals surface area (Å²) >= 11 is 0. The molecule has 2 aliphatic heterocycles. The molecule has 0 bridgehead atoms. The van der Waals surface area contributed by atoms with E-state index in [1.54, 1.807) is 0 Å². The third kappa shape index (κ3) is 2.22. The Hall–Kier alpha value is -0.120. The van der Waals surface area contributed by atoms with Crippen LogP contribution in [0.25, 0.3) is 0 Å². The lowest BCUT2D eigenvalue weighted by atomic mass is 9.93. The minimum atomic E-state index is -0.352. The minimum absolute atomic E-state index is 0.331. The molecule has 0 aromatic heterocycles. The summed E-state index contributed by atoms with van der Waals surface area (Å²) in [5.41, 5.74) is 0. The summed E-state index contributed by atoms with van der Waals surface area (Å²) in [4.78, 5) is 0. The van der Waals surface area contributed by atoms with Gasteiger partial charge in [-0.05, 0) is 45.7 Å². The first-order valence-electron chi connectivity index (χ1n) is 5.20. The van der Waals surface area contributed by atoms with Crippen LogP contribution in [0.3, 0.4) is 0 Å². The predicted octanol–water partition coefficient (Wildman–Crippen LogP) is 1.14. The third-order valence-corrected chi connectivity index (χ3v) is 2.94. The van der Waals surface area contributed by atoms with Gasteiger partial charge in [0, 0.05) is 0 Å². The van der Waals surface area contributed by atoms with E-state index < -0.39 is 0 Å². The van der Waals surface area contributed by atoms with Crippen molar-refractivity contribution in [2.45, 2.75) is 38.6 Å². The highest BCUT2D eigenvalue weighted by molar-refractivity contribution is 4.81. The van der Waals surface area contributed by atoms with E-state index in [2.05, 4.69) is 5.32 Å². The Morgan fingerprint density at radius 3 is 2.46 bits per heavy atom. The lowest BCUT2D eigenvalue weighted by Gasteiger charge is -2.27. The van der Waals surface area contributed by atoms with Gasteiger partial charge in [-0.25, -0.2) is 0 Å². The van der Waals surface area contributed by atoms with Crippen molar-refractivity contribution in [2.75, 3.05) is 19.7 Å². The summed E-state index contributed by atoms with van der Waals surface area (Å²) in [7, 11) is 0. The van der Waals surface area contributed by atoms with Crippen LogP contribution in [0.5, 0.6) is 0 Å². The second-order valence-electron chi connectivity index (χ2n) is 4.45. The van der Waals surface area contributed by atoms with Crippen molar-refractivity contribution in [1.82, 2.24) is 5.32 Å². The molecule has 1 N–H and O–H groups in total. The number of hydrogen-bond acceptors (Lipinski definition) is 3. The molecule has 0 aromatic rings. The van der Waals surface area contributed by atoms with Crippen molar-refractivity contribution in [3.63, 3.8) is 0 Å². The van der Waals surface area contributed by atoms with Gasteiger partial charge in [0.1, 0.15) is 0 Å². The lowest BCUT2D eigenvalue weighted by molar-refractivity contribution is -0.145. The largest absolute Gasteiger partial charge is 0.348 e. The number of nitrogens with one attached hydrogen (secondary N) is 1. The summed E-state index contributed by atoms with van der Waals surface area (Å²) in [6.45, 7) is 7.02. The molecular weight excluding hydrogens is 166 g/mol. The molecule has 3 nitrogen and oxygen atoms in total. The molecule has 0 radical (unpaired) electrons. The molecule has 2 rings (SSSR count). The first kappa shape index (κ1) is 9.44. The topological polar surface area (TPSA) is 30.5 Å². The van der Waals surface area contributed by atoms with Gasteiger partial charge >= 0.3 is 0 Å². The molecule has 2 fully saturated rings. The number of hydrogen-bond donors (Lipinski definition) is 1. The van der Waals surface area contributed by atoms with E-state index in [1.807, 2.05) is 13.8 Å². The number of rotatable bonds is 1. The number of ether oxygens (including phenoxy) is 2. The molecule has 2 saturated heterocycles. The Bertz CT molecular complexity index is 176. The zero-order chi connectivity index (χ0) is 9.31. The quantitative estimate of drug-likeness (QED) is 0.664. The van der Waals surface area contributed by atoms with Crippen molar-refractivity contribution in [3.8, 4) is 0 Å². The van der Waals surface area contributed by atoms with Gasteiger partial charge in [0.2, 0.25) is 0 Å². The molecule has 2 aliphatic rings. The molecule has 1 unspecified atom stereocenters. The third-order valence-electron chi connectivity index (χ3n) is 2.94. The Kier molecular flexibility index (Phi) is 2.58. The van der Waals surface area contributed by atoms with E-state index in [0.717, 1.165) is 19.7 Å². The molecule has 13 heavy (non-hydrogen) atoms. The van der Waals surface area contributed by atoms with Gasteiger partial charge in [-0.15, -0.1) is 0 Å². The Labute approximate surface area is 79.8 Å². The van der Waals surface area contributed by atoms with Crippen molar-refractivity contribution >= 4 is 0 Å². The Morgan fingerprint density at radius 2 is 1.92 bits per heavy atom. The molecule has 2 heterocycles. The van der Waals surface area contributed by atoms with Crippen molar-refractivity contribution in [3.05, 3.63) is 0 Å². The standard InChI is InChI=1S/C10H19NO2/c1-10(2)12-7-9(13-10)8-3-5-11-6-4-8/h8-9,11H,3-7H2,1-2H3. The van der Waals surface area contributed by atoms with E-state index in [1.165, 1.54) is 12.8 Å². The fraction of sp³-hybridized carbons (Fsp3) is 1.00. The van der Waals surface area contributed by atoms with Crippen LogP contribution in [-0.4, -0.2) is 31.6 Å². The zero-order valence-corrected chi connectivity index (χ0v) is 8.51. The molecule has 0 spiro atoms. The molecule has 0 saturated carbocycles. The first-order chi connectivity index (χ1) is 6.17. The second-order valence-corrected chi connectivity index (χ2v) is 4.45. The molecule has 0 amide bonds. The van der Waals surface area contributed by atoms with E-state index in [4.69, 9.17) is 9.47 Å². The first-order valence-corrected chi connectivity index (χ1v) is 5.20. The Morgan fingerprint density at radius 1 is 1.23 bits per heavy atom. The molecular formula is C10H19NO2. The van der Waals surface area contributed by atoms with Crippen LogP contribution in [0.15, 0.2) is 0 Å². The fourth-order valence-corrected chi connectivity index (χ4v) is 2.16. The summed E-state index contributed by atoms with van der Waals surface area (Å²) in [6.07, 6.45) is 2.78. The lowest BCUT2D eigenvalue weighted by Crippen LogP contribution is -2.35.